The molecule has 1 heterocycles. The number of carbonyl (C=O) groups excluding carboxylic acids is 2. The van der Waals surface area contributed by atoms with Crippen LogP contribution in [0.3, 0.4) is 0 Å². The number of nitro benzene ring substituents is 1. The average molecular weight is 468 g/mol. The van der Waals surface area contributed by atoms with Crippen LogP contribution in [-0.2, 0) is 7.05 Å². The largest absolute Gasteiger partial charge is 0.366 e. The van der Waals surface area contributed by atoms with E-state index >= 15 is 0 Å². The van der Waals surface area contributed by atoms with Crippen molar-refractivity contribution in [2.75, 3.05) is 5.32 Å². The van der Waals surface area contributed by atoms with Crippen LogP contribution in [0.15, 0.2) is 46.5 Å². The standard InChI is InChI=1S/C21H21N7O4S/c1-27-21(24-25-26-27)33-18-9-7-14(28(31)32)11-17(18)20(30)23-13-6-8-15(12-4-2-3-5-12)16(10-13)19(22)29/h6-12H,2-5H2,1H3,(H2,22,29)(H,23,30). The van der Waals surface area contributed by atoms with E-state index in [9.17, 15) is 19.7 Å². The lowest BCUT2D eigenvalue weighted by Gasteiger charge is -2.16. The van der Waals surface area contributed by atoms with Crippen molar-refractivity contribution < 1.29 is 14.5 Å². The summed E-state index contributed by atoms with van der Waals surface area (Å²) in [4.78, 5) is 36.3. The van der Waals surface area contributed by atoms with Crippen molar-refractivity contribution in [3.8, 4) is 0 Å². The van der Waals surface area contributed by atoms with E-state index < -0.39 is 16.7 Å². The number of aromatic nitrogens is 4. The van der Waals surface area contributed by atoms with Gasteiger partial charge in [-0.05, 0) is 64.7 Å². The lowest BCUT2D eigenvalue weighted by Crippen LogP contribution is -2.17. The fraction of sp³-hybridized carbons (Fsp3) is 0.286. The van der Waals surface area contributed by atoms with E-state index in [0.29, 0.717) is 21.3 Å². The van der Waals surface area contributed by atoms with Crippen LogP contribution in [0.4, 0.5) is 11.4 Å². The lowest BCUT2D eigenvalue weighted by atomic mass is 9.92. The number of nitrogens with zero attached hydrogens (tertiary/aromatic N) is 5. The van der Waals surface area contributed by atoms with Gasteiger partial charge in [0.1, 0.15) is 0 Å². The second-order valence-corrected chi connectivity index (χ2v) is 8.74. The van der Waals surface area contributed by atoms with Crippen molar-refractivity contribution in [2.24, 2.45) is 12.8 Å². The molecule has 0 bridgehead atoms. The highest BCUT2D eigenvalue weighted by Gasteiger charge is 2.23. The topological polar surface area (TPSA) is 159 Å². The molecule has 33 heavy (non-hydrogen) atoms. The molecule has 0 saturated heterocycles. The Bertz CT molecular complexity index is 1240. The zero-order valence-electron chi connectivity index (χ0n) is 17.7. The van der Waals surface area contributed by atoms with Crippen LogP contribution in [0.1, 0.15) is 57.9 Å². The van der Waals surface area contributed by atoms with E-state index in [1.165, 1.54) is 22.9 Å². The zero-order chi connectivity index (χ0) is 23.5. The second kappa shape index (κ2) is 9.36. The molecule has 3 N–H and O–H groups in total. The van der Waals surface area contributed by atoms with Crippen LogP contribution in [0, 0.1) is 10.1 Å². The minimum atomic E-state index is -0.573. The smallest absolute Gasteiger partial charge is 0.270 e. The first kappa shape index (κ1) is 22.4. The number of hydrogen-bond acceptors (Lipinski definition) is 8. The quantitative estimate of drug-likeness (QED) is 0.395. The third-order valence-electron chi connectivity index (χ3n) is 5.57. The summed E-state index contributed by atoms with van der Waals surface area (Å²) in [6.45, 7) is 0. The predicted molar refractivity (Wildman–Crippen MR) is 120 cm³/mol. The Morgan fingerprint density at radius 3 is 2.58 bits per heavy atom. The number of primary amides is 1. The van der Waals surface area contributed by atoms with Crippen molar-refractivity contribution in [1.29, 1.82) is 0 Å². The van der Waals surface area contributed by atoms with Crippen molar-refractivity contribution in [2.45, 2.75) is 41.7 Å². The molecule has 0 aliphatic heterocycles. The van der Waals surface area contributed by atoms with E-state index in [1.54, 1.807) is 19.2 Å². The number of aryl methyl sites for hydroxylation is 1. The summed E-state index contributed by atoms with van der Waals surface area (Å²) in [5.74, 6) is -0.855. The van der Waals surface area contributed by atoms with Gasteiger partial charge in [0, 0.05) is 35.3 Å². The SMILES string of the molecule is Cn1nnnc1Sc1ccc([N+](=O)[O-])cc1C(=O)Nc1ccc(C2CCCC2)c(C(N)=O)c1. The van der Waals surface area contributed by atoms with E-state index in [2.05, 4.69) is 20.8 Å². The maximum absolute atomic E-state index is 13.1. The fourth-order valence-corrected chi connectivity index (χ4v) is 4.78. The molecule has 0 unspecified atom stereocenters. The summed E-state index contributed by atoms with van der Waals surface area (Å²) in [5, 5.41) is 25.6. The summed E-state index contributed by atoms with van der Waals surface area (Å²) in [6, 6.07) is 9.08. The van der Waals surface area contributed by atoms with Crippen LogP contribution >= 0.6 is 11.8 Å². The van der Waals surface area contributed by atoms with E-state index in [0.717, 1.165) is 43.0 Å². The van der Waals surface area contributed by atoms with Crippen molar-refractivity contribution in [3.05, 3.63) is 63.2 Å². The second-order valence-electron chi connectivity index (χ2n) is 7.73. The number of non-ortho nitro benzene ring substituents is 1. The Morgan fingerprint density at radius 2 is 1.94 bits per heavy atom. The Balaban J connectivity index is 1.65. The third kappa shape index (κ3) is 4.85. The number of tetrazole rings is 1. The van der Waals surface area contributed by atoms with Crippen LogP contribution in [0.25, 0.3) is 0 Å². The molecule has 2 amide bonds. The maximum Gasteiger partial charge on any atom is 0.270 e. The minimum absolute atomic E-state index is 0.0812. The molecule has 1 fully saturated rings. The molecule has 1 aromatic heterocycles. The van der Waals surface area contributed by atoms with Gasteiger partial charge in [-0.15, -0.1) is 5.10 Å². The lowest BCUT2D eigenvalue weighted by molar-refractivity contribution is -0.384. The Morgan fingerprint density at radius 1 is 1.18 bits per heavy atom. The van der Waals surface area contributed by atoms with Crippen LogP contribution in [0.5, 0.6) is 0 Å². The highest BCUT2D eigenvalue weighted by Crippen LogP contribution is 2.37. The Labute approximate surface area is 192 Å². The number of nitrogens with one attached hydrogen (secondary N) is 1. The van der Waals surface area contributed by atoms with Gasteiger partial charge in [-0.2, -0.15) is 0 Å². The van der Waals surface area contributed by atoms with E-state index in [4.69, 9.17) is 5.73 Å². The van der Waals surface area contributed by atoms with Crippen LogP contribution in [-0.4, -0.2) is 36.9 Å². The molecule has 170 valence electrons. The first-order valence-corrected chi connectivity index (χ1v) is 11.1. The van der Waals surface area contributed by atoms with Gasteiger partial charge in [-0.3, -0.25) is 19.7 Å². The normalized spacial score (nSPS) is 13.7. The number of rotatable bonds is 7. The molecule has 1 saturated carbocycles. The number of hydrogen-bond donors (Lipinski definition) is 2. The zero-order valence-corrected chi connectivity index (χ0v) is 18.5. The first-order chi connectivity index (χ1) is 15.8. The molecule has 4 rings (SSSR count). The highest BCUT2D eigenvalue weighted by atomic mass is 32.2. The highest BCUT2D eigenvalue weighted by molar-refractivity contribution is 7.99. The Hall–Kier alpha value is -3.80. The van der Waals surface area contributed by atoms with Gasteiger partial charge in [0.05, 0.1) is 10.5 Å². The number of amides is 2. The minimum Gasteiger partial charge on any atom is -0.366 e. The summed E-state index contributed by atoms with van der Waals surface area (Å²) in [7, 11) is 1.64. The van der Waals surface area contributed by atoms with Crippen molar-refractivity contribution in [1.82, 2.24) is 20.2 Å². The van der Waals surface area contributed by atoms with E-state index in [1.807, 2.05) is 6.07 Å². The molecule has 12 heteroatoms. The van der Waals surface area contributed by atoms with Gasteiger partial charge in [0.15, 0.2) is 0 Å². The number of nitrogens with two attached hydrogens (primary N) is 1. The molecular formula is C21H21N7O4S. The summed E-state index contributed by atoms with van der Waals surface area (Å²) < 4.78 is 1.43. The average Bonchev–Trinajstić information content (AvgIpc) is 3.46. The monoisotopic (exact) mass is 467 g/mol. The summed E-state index contributed by atoms with van der Waals surface area (Å²) in [6.07, 6.45) is 4.21. The van der Waals surface area contributed by atoms with Crippen molar-refractivity contribution >= 4 is 35.0 Å². The van der Waals surface area contributed by atoms with E-state index in [-0.39, 0.29) is 17.2 Å². The van der Waals surface area contributed by atoms with Crippen LogP contribution < -0.4 is 11.1 Å². The van der Waals surface area contributed by atoms with Gasteiger partial charge < -0.3 is 11.1 Å². The molecule has 0 radical (unpaired) electrons. The number of nitro groups is 1. The third-order valence-corrected chi connectivity index (χ3v) is 6.68. The number of carbonyl (C=O) groups is 2. The van der Waals surface area contributed by atoms with Gasteiger partial charge in [0.25, 0.3) is 11.6 Å². The molecule has 0 atom stereocenters. The van der Waals surface area contributed by atoms with Gasteiger partial charge in [-0.1, -0.05) is 18.9 Å². The Kier molecular flexibility index (Phi) is 6.36. The fourth-order valence-electron chi connectivity index (χ4n) is 3.94. The summed E-state index contributed by atoms with van der Waals surface area (Å²) in [5.41, 5.74) is 7.10. The van der Waals surface area contributed by atoms with Gasteiger partial charge in [0.2, 0.25) is 11.1 Å². The molecule has 11 nitrogen and oxygen atoms in total. The van der Waals surface area contributed by atoms with Gasteiger partial charge in [-0.25, -0.2) is 4.68 Å². The first-order valence-electron chi connectivity index (χ1n) is 10.3. The van der Waals surface area contributed by atoms with Gasteiger partial charge >= 0.3 is 0 Å². The molecule has 1 aliphatic carbocycles. The molecular weight excluding hydrogens is 446 g/mol. The van der Waals surface area contributed by atoms with Crippen molar-refractivity contribution in [3.63, 3.8) is 0 Å². The number of anilines is 1. The maximum atomic E-state index is 13.1. The molecule has 0 spiro atoms. The summed E-state index contributed by atoms with van der Waals surface area (Å²) >= 11 is 1.10. The predicted octanol–water partition coefficient (Wildman–Crippen LogP) is 3.28. The molecule has 1 aliphatic rings. The number of benzene rings is 2. The van der Waals surface area contributed by atoms with Crippen LogP contribution in [0.2, 0.25) is 0 Å². The molecule has 2 aromatic carbocycles. The molecule has 3 aromatic rings.